The number of fused-ring (bicyclic) bond motifs is 5. The van der Waals surface area contributed by atoms with Gasteiger partial charge in [-0.3, -0.25) is 0 Å². The molecule has 0 aliphatic carbocycles. The van der Waals surface area contributed by atoms with E-state index in [2.05, 4.69) is 15.2 Å². The minimum absolute atomic E-state index is 0.0709. The van der Waals surface area contributed by atoms with Crippen LogP contribution in [0.15, 0.2) is 15.5 Å². The fourth-order valence-corrected chi connectivity index (χ4v) is 4.62. The van der Waals surface area contributed by atoms with Crippen LogP contribution in [0.2, 0.25) is 0 Å². The van der Waals surface area contributed by atoms with Crippen molar-refractivity contribution >= 4 is 15.5 Å². The summed E-state index contributed by atoms with van der Waals surface area (Å²) in [4.78, 5) is 3.44. The molecule has 0 aromatic carbocycles. The zero-order chi connectivity index (χ0) is 23.2. The van der Waals surface area contributed by atoms with Crippen molar-refractivity contribution in [3.8, 4) is 11.6 Å². The molecule has 1 atom stereocenters. The molecule has 4 bridgehead atoms. The van der Waals surface area contributed by atoms with Crippen molar-refractivity contribution in [1.29, 1.82) is 0 Å². The molecule has 0 amide bonds. The summed E-state index contributed by atoms with van der Waals surface area (Å²) in [5, 5.41) is 15.4. The number of nitrogens with zero attached hydrogens (tertiary/aromatic N) is 3. The standard InChI is InChI=1S/C16H16F6N4O4S/c17-15(18,19)8-7-9(23)10-11-25-26-13(30-11)14(27,16(20,21)22)5-3-1-2-4-6-31(28,29)12(8)24-10/h7,27H,1-6,23H2/t14-/m0/s1. The van der Waals surface area contributed by atoms with E-state index in [4.69, 9.17) is 10.2 Å². The number of sulfone groups is 1. The minimum Gasteiger partial charge on any atom is -0.416 e. The molecule has 0 saturated carbocycles. The van der Waals surface area contributed by atoms with Crippen molar-refractivity contribution < 1.29 is 44.3 Å². The van der Waals surface area contributed by atoms with Crippen LogP contribution in [0.4, 0.5) is 32.0 Å². The minimum atomic E-state index is -5.19. The van der Waals surface area contributed by atoms with Gasteiger partial charge in [0, 0.05) is 0 Å². The Morgan fingerprint density at radius 2 is 1.71 bits per heavy atom. The Hall–Kier alpha value is -2.42. The Morgan fingerprint density at radius 1 is 1.06 bits per heavy atom. The smallest absolute Gasteiger partial charge is 0.416 e. The van der Waals surface area contributed by atoms with Crippen molar-refractivity contribution in [1.82, 2.24) is 15.2 Å². The third-order valence-electron chi connectivity index (χ3n) is 4.77. The van der Waals surface area contributed by atoms with Crippen molar-refractivity contribution in [3.05, 3.63) is 17.5 Å². The van der Waals surface area contributed by atoms with Crippen LogP contribution >= 0.6 is 0 Å². The van der Waals surface area contributed by atoms with Gasteiger partial charge in [-0.15, -0.1) is 10.2 Å². The fraction of sp³-hybridized carbons (Fsp3) is 0.562. The number of hydrogen-bond acceptors (Lipinski definition) is 8. The molecule has 0 radical (unpaired) electrons. The quantitative estimate of drug-likeness (QED) is 0.557. The van der Waals surface area contributed by atoms with Crippen LogP contribution in [0.3, 0.4) is 0 Å². The van der Waals surface area contributed by atoms with Gasteiger partial charge in [0.1, 0.15) is 0 Å². The number of pyridine rings is 1. The van der Waals surface area contributed by atoms with Crippen LogP contribution in [-0.4, -0.2) is 40.6 Å². The number of nitrogens with two attached hydrogens (primary N) is 1. The topological polar surface area (TPSA) is 132 Å². The first-order valence-electron chi connectivity index (χ1n) is 8.91. The summed E-state index contributed by atoms with van der Waals surface area (Å²) in [5.41, 5.74) is -1.07. The number of hydrogen-bond donors (Lipinski definition) is 2. The van der Waals surface area contributed by atoms with Gasteiger partial charge in [-0.1, -0.05) is 12.8 Å². The lowest BCUT2D eigenvalue weighted by Crippen LogP contribution is -2.42. The molecular formula is C16H16F6N4O4S. The summed E-state index contributed by atoms with van der Waals surface area (Å²) >= 11 is 0. The van der Waals surface area contributed by atoms with Crippen molar-refractivity contribution in [2.24, 2.45) is 0 Å². The van der Waals surface area contributed by atoms with E-state index in [1.54, 1.807) is 0 Å². The first kappa shape index (κ1) is 23.2. The highest BCUT2D eigenvalue weighted by Gasteiger charge is 2.58. The second-order valence-corrected chi connectivity index (χ2v) is 9.05. The highest BCUT2D eigenvalue weighted by molar-refractivity contribution is 7.91. The normalized spacial score (nSPS) is 22.7. The lowest BCUT2D eigenvalue weighted by molar-refractivity contribution is -0.277. The Kier molecular flexibility index (Phi) is 5.71. The zero-order valence-electron chi connectivity index (χ0n) is 15.6. The fourth-order valence-electron chi connectivity index (χ4n) is 3.10. The monoisotopic (exact) mass is 474 g/mol. The summed E-state index contributed by atoms with van der Waals surface area (Å²) in [7, 11) is -4.53. The number of anilines is 1. The maximum Gasteiger partial charge on any atom is 0.426 e. The van der Waals surface area contributed by atoms with Crippen LogP contribution in [-0.2, 0) is 21.6 Å². The summed E-state index contributed by atoms with van der Waals surface area (Å²) in [6.45, 7) is 0. The second kappa shape index (κ2) is 7.62. The summed E-state index contributed by atoms with van der Waals surface area (Å²) < 4.78 is 111. The second-order valence-electron chi connectivity index (χ2n) is 7.03. The molecule has 1 aliphatic rings. The van der Waals surface area contributed by atoms with Crippen molar-refractivity contribution in [2.75, 3.05) is 11.5 Å². The Bertz CT molecular complexity index is 1080. The molecule has 172 valence electrons. The number of aliphatic hydroxyl groups is 1. The molecule has 31 heavy (non-hydrogen) atoms. The molecule has 3 rings (SSSR count). The summed E-state index contributed by atoms with van der Waals surface area (Å²) in [6.07, 6.45) is -11.3. The molecule has 8 nitrogen and oxygen atoms in total. The third kappa shape index (κ3) is 4.33. The zero-order valence-corrected chi connectivity index (χ0v) is 16.4. The summed E-state index contributed by atoms with van der Waals surface area (Å²) in [5.74, 6) is -2.83. The van der Waals surface area contributed by atoms with Crippen molar-refractivity contribution in [2.45, 2.75) is 55.1 Å². The summed E-state index contributed by atoms with van der Waals surface area (Å²) in [6, 6.07) is 0.293. The Labute approximate surface area is 171 Å². The molecule has 1 aliphatic heterocycles. The van der Waals surface area contributed by atoms with Crippen LogP contribution < -0.4 is 5.73 Å². The molecule has 3 N–H and O–H groups in total. The van der Waals surface area contributed by atoms with E-state index < -0.39 is 73.7 Å². The molecular weight excluding hydrogens is 458 g/mol. The van der Waals surface area contributed by atoms with Crippen LogP contribution in [0.25, 0.3) is 11.6 Å². The first-order chi connectivity index (χ1) is 14.2. The van der Waals surface area contributed by atoms with Gasteiger partial charge in [-0.25, -0.2) is 13.4 Å². The maximum absolute atomic E-state index is 13.5. The molecule has 0 unspecified atom stereocenters. The van der Waals surface area contributed by atoms with E-state index in [-0.39, 0.29) is 25.7 Å². The predicted octanol–water partition coefficient (Wildman–Crippen LogP) is 3.22. The lowest BCUT2D eigenvalue weighted by Gasteiger charge is -2.26. The molecule has 2 aromatic rings. The number of alkyl halides is 6. The van der Waals surface area contributed by atoms with Crippen LogP contribution in [0.1, 0.15) is 43.6 Å². The number of nitrogen functional groups attached to an aromatic ring is 1. The molecule has 2 aromatic heterocycles. The number of aromatic nitrogens is 3. The molecule has 3 heterocycles. The van der Waals surface area contributed by atoms with Gasteiger partial charge in [-0.05, 0) is 25.3 Å². The van der Waals surface area contributed by atoms with E-state index in [1.165, 1.54) is 0 Å². The van der Waals surface area contributed by atoms with E-state index >= 15 is 0 Å². The van der Waals surface area contributed by atoms with Gasteiger partial charge < -0.3 is 15.3 Å². The van der Waals surface area contributed by atoms with Gasteiger partial charge >= 0.3 is 12.4 Å². The van der Waals surface area contributed by atoms with E-state index in [0.29, 0.717) is 6.07 Å². The highest BCUT2D eigenvalue weighted by atomic mass is 32.2. The van der Waals surface area contributed by atoms with E-state index in [0.717, 1.165) is 0 Å². The SMILES string of the molecule is Nc1cc(C(F)(F)F)c2nc1-c1nnc(o1)[C@](O)(C(F)(F)F)CCCCCCS2(=O)=O. The van der Waals surface area contributed by atoms with E-state index in [1.807, 2.05) is 0 Å². The van der Waals surface area contributed by atoms with Gasteiger partial charge in [0.2, 0.25) is 5.60 Å². The first-order valence-corrected chi connectivity index (χ1v) is 10.6. The molecule has 0 saturated heterocycles. The van der Waals surface area contributed by atoms with Crippen molar-refractivity contribution in [3.63, 3.8) is 0 Å². The Balaban J connectivity index is 2.26. The van der Waals surface area contributed by atoms with Gasteiger partial charge in [-0.2, -0.15) is 26.3 Å². The molecule has 0 spiro atoms. The van der Waals surface area contributed by atoms with Crippen LogP contribution in [0, 0.1) is 0 Å². The van der Waals surface area contributed by atoms with E-state index in [9.17, 15) is 39.9 Å². The average molecular weight is 474 g/mol. The van der Waals surface area contributed by atoms with Gasteiger partial charge in [0.05, 0.1) is 17.0 Å². The highest BCUT2D eigenvalue weighted by Crippen LogP contribution is 2.44. The van der Waals surface area contributed by atoms with Gasteiger partial charge in [0.15, 0.2) is 20.6 Å². The molecule has 0 fully saturated rings. The predicted molar refractivity (Wildman–Crippen MR) is 92.0 cm³/mol. The molecule has 15 heteroatoms. The van der Waals surface area contributed by atoms with Gasteiger partial charge in [0.25, 0.3) is 11.8 Å². The number of halogens is 6. The lowest BCUT2D eigenvalue weighted by atomic mass is 9.95. The maximum atomic E-state index is 13.5. The number of rotatable bonds is 0. The average Bonchev–Trinajstić information content (AvgIpc) is 3.11. The Morgan fingerprint density at radius 3 is 2.32 bits per heavy atom. The van der Waals surface area contributed by atoms with Crippen LogP contribution in [0.5, 0.6) is 0 Å². The third-order valence-corrected chi connectivity index (χ3v) is 6.50. The largest absolute Gasteiger partial charge is 0.426 e.